The maximum Gasteiger partial charge on any atom is 0.220 e. The highest BCUT2D eigenvalue weighted by Crippen LogP contribution is 2.24. The number of amides is 1. The number of hydrogen-bond donors (Lipinski definition) is 1. The fraction of sp³-hybridized carbons (Fsp3) is 0.571. The van der Waals surface area contributed by atoms with Gasteiger partial charge in [0.1, 0.15) is 0 Å². The second-order valence-electron chi connectivity index (χ2n) is 4.92. The summed E-state index contributed by atoms with van der Waals surface area (Å²) in [5.41, 5.74) is 1.16. The summed E-state index contributed by atoms with van der Waals surface area (Å²) in [6.45, 7) is 1.70. The van der Waals surface area contributed by atoms with E-state index in [9.17, 15) is 4.79 Å². The molecule has 1 aromatic rings. The number of hydrogen-bond acceptors (Lipinski definition) is 3. The number of nitrogens with one attached hydrogen (secondary N) is 1. The van der Waals surface area contributed by atoms with Gasteiger partial charge in [0.25, 0.3) is 0 Å². The molecular formula is C14H21N3O. The highest BCUT2D eigenvalue weighted by molar-refractivity contribution is 5.76. The van der Waals surface area contributed by atoms with Gasteiger partial charge in [0, 0.05) is 37.9 Å². The third-order valence-corrected chi connectivity index (χ3v) is 3.35. The van der Waals surface area contributed by atoms with Gasteiger partial charge in [-0.25, -0.2) is 0 Å². The van der Waals surface area contributed by atoms with Gasteiger partial charge in [-0.3, -0.25) is 9.78 Å². The largest absolute Gasteiger partial charge is 0.355 e. The molecule has 1 aliphatic carbocycles. The standard InChI is InChI=1S/C14H21N3O/c1-17(13-3-4-13)11-10-16-14(18)5-2-12-6-8-15-9-7-12/h6-9,13H,2-5,10-11H2,1H3,(H,16,18). The minimum Gasteiger partial charge on any atom is -0.355 e. The number of rotatable bonds is 7. The van der Waals surface area contributed by atoms with E-state index in [0.717, 1.165) is 31.1 Å². The molecule has 1 fully saturated rings. The Morgan fingerprint density at radius 1 is 1.44 bits per heavy atom. The van der Waals surface area contributed by atoms with Crippen LogP contribution in [0.25, 0.3) is 0 Å². The van der Waals surface area contributed by atoms with Gasteiger partial charge in [-0.2, -0.15) is 0 Å². The van der Waals surface area contributed by atoms with Crippen molar-refractivity contribution in [1.82, 2.24) is 15.2 Å². The van der Waals surface area contributed by atoms with E-state index in [4.69, 9.17) is 0 Å². The van der Waals surface area contributed by atoms with E-state index in [-0.39, 0.29) is 5.91 Å². The van der Waals surface area contributed by atoms with E-state index in [1.165, 1.54) is 12.8 Å². The van der Waals surface area contributed by atoms with E-state index in [1.807, 2.05) is 12.1 Å². The molecule has 1 heterocycles. The average molecular weight is 247 g/mol. The molecule has 0 radical (unpaired) electrons. The van der Waals surface area contributed by atoms with Gasteiger partial charge in [0.15, 0.2) is 0 Å². The van der Waals surface area contributed by atoms with Crippen LogP contribution in [0.15, 0.2) is 24.5 Å². The number of pyridine rings is 1. The molecule has 0 atom stereocenters. The van der Waals surface area contributed by atoms with E-state index in [1.54, 1.807) is 12.4 Å². The topological polar surface area (TPSA) is 45.2 Å². The number of aryl methyl sites for hydroxylation is 1. The number of carbonyl (C=O) groups is 1. The predicted molar refractivity (Wildman–Crippen MR) is 71.2 cm³/mol. The van der Waals surface area contributed by atoms with Crippen molar-refractivity contribution in [1.29, 1.82) is 0 Å². The van der Waals surface area contributed by atoms with Gasteiger partial charge >= 0.3 is 0 Å². The summed E-state index contributed by atoms with van der Waals surface area (Å²) in [4.78, 5) is 17.9. The zero-order valence-corrected chi connectivity index (χ0v) is 10.9. The maximum atomic E-state index is 11.6. The van der Waals surface area contributed by atoms with Crippen molar-refractivity contribution < 1.29 is 4.79 Å². The van der Waals surface area contributed by atoms with Gasteiger partial charge in [0.05, 0.1) is 0 Å². The molecule has 98 valence electrons. The first-order valence-corrected chi connectivity index (χ1v) is 6.61. The Kier molecular flexibility index (Phi) is 4.70. The zero-order valence-electron chi connectivity index (χ0n) is 10.9. The van der Waals surface area contributed by atoms with Crippen molar-refractivity contribution in [3.8, 4) is 0 Å². The first-order chi connectivity index (χ1) is 8.75. The minimum atomic E-state index is 0.135. The zero-order chi connectivity index (χ0) is 12.8. The van der Waals surface area contributed by atoms with E-state index < -0.39 is 0 Å². The van der Waals surface area contributed by atoms with Crippen LogP contribution in [0, 0.1) is 0 Å². The summed E-state index contributed by atoms with van der Waals surface area (Å²) < 4.78 is 0. The van der Waals surface area contributed by atoms with Gasteiger partial charge < -0.3 is 10.2 Å². The Bertz CT molecular complexity index is 376. The normalized spacial score (nSPS) is 14.8. The Labute approximate surface area is 108 Å². The summed E-state index contributed by atoms with van der Waals surface area (Å²) in [7, 11) is 2.13. The Balaban J connectivity index is 1.57. The lowest BCUT2D eigenvalue weighted by Crippen LogP contribution is -2.34. The smallest absolute Gasteiger partial charge is 0.220 e. The second kappa shape index (κ2) is 6.50. The van der Waals surface area contributed by atoms with Crippen LogP contribution in [0.1, 0.15) is 24.8 Å². The number of likely N-dealkylation sites (N-methyl/N-ethyl adjacent to an activating group) is 1. The quantitative estimate of drug-likeness (QED) is 0.788. The van der Waals surface area contributed by atoms with Gasteiger partial charge in [-0.05, 0) is 44.0 Å². The molecule has 18 heavy (non-hydrogen) atoms. The number of carbonyl (C=O) groups excluding carboxylic acids is 1. The van der Waals surface area contributed by atoms with Gasteiger partial charge in [-0.15, -0.1) is 0 Å². The first kappa shape index (κ1) is 13.0. The van der Waals surface area contributed by atoms with Crippen LogP contribution in [0.2, 0.25) is 0 Å². The van der Waals surface area contributed by atoms with Crippen LogP contribution in [-0.4, -0.2) is 42.0 Å². The number of aromatic nitrogens is 1. The van der Waals surface area contributed by atoms with Crippen molar-refractivity contribution in [2.75, 3.05) is 20.1 Å². The molecule has 1 amide bonds. The molecule has 4 heteroatoms. The molecule has 0 saturated heterocycles. The SMILES string of the molecule is CN(CCNC(=O)CCc1ccncc1)C1CC1. The molecule has 1 aromatic heterocycles. The van der Waals surface area contributed by atoms with Gasteiger partial charge in [0.2, 0.25) is 5.91 Å². The van der Waals surface area contributed by atoms with Gasteiger partial charge in [-0.1, -0.05) is 0 Å². The Morgan fingerprint density at radius 2 is 2.17 bits per heavy atom. The van der Waals surface area contributed by atoms with Crippen LogP contribution in [0.4, 0.5) is 0 Å². The molecule has 0 unspecified atom stereocenters. The van der Waals surface area contributed by atoms with E-state index >= 15 is 0 Å². The fourth-order valence-electron chi connectivity index (χ4n) is 1.97. The van der Waals surface area contributed by atoms with Crippen LogP contribution in [-0.2, 0) is 11.2 Å². The molecule has 0 bridgehead atoms. The monoisotopic (exact) mass is 247 g/mol. The van der Waals surface area contributed by atoms with E-state index in [2.05, 4.69) is 22.2 Å². The fourth-order valence-corrected chi connectivity index (χ4v) is 1.97. The third-order valence-electron chi connectivity index (χ3n) is 3.35. The van der Waals surface area contributed by atoms with Crippen LogP contribution >= 0.6 is 0 Å². The molecule has 2 rings (SSSR count). The summed E-state index contributed by atoms with van der Waals surface area (Å²) in [5.74, 6) is 0.135. The average Bonchev–Trinajstić information content (AvgIpc) is 3.22. The molecule has 4 nitrogen and oxygen atoms in total. The van der Waals surface area contributed by atoms with Crippen molar-refractivity contribution in [2.45, 2.75) is 31.7 Å². The van der Waals surface area contributed by atoms with Crippen molar-refractivity contribution in [3.05, 3.63) is 30.1 Å². The molecular weight excluding hydrogens is 226 g/mol. The molecule has 0 spiro atoms. The minimum absolute atomic E-state index is 0.135. The second-order valence-corrected chi connectivity index (χ2v) is 4.92. The van der Waals surface area contributed by atoms with Crippen LogP contribution in [0.3, 0.4) is 0 Å². The Hall–Kier alpha value is -1.42. The lowest BCUT2D eigenvalue weighted by atomic mass is 10.1. The summed E-state index contributed by atoms with van der Waals surface area (Å²) in [6, 6.07) is 4.67. The van der Waals surface area contributed by atoms with Crippen LogP contribution in [0.5, 0.6) is 0 Å². The first-order valence-electron chi connectivity index (χ1n) is 6.61. The predicted octanol–water partition coefficient (Wildman–Crippen LogP) is 1.22. The molecule has 1 N–H and O–H groups in total. The lowest BCUT2D eigenvalue weighted by molar-refractivity contribution is -0.121. The van der Waals surface area contributed by atoms with E-state index in [0.29, 0.717) is 6.42 Å². The third kappa shape index (κ3) is 4.45. The Morgan fingerprint density at radius 3 is 2.83 bits per heavy atom. The van der Waals surface area contributed by atoms with Crippen molar-refractivity contribution >= 4 is 5.91 Å². The molecule has 1 saturated carbocycles. The summed E-state index contributed by atoms with van der Waals surface area (Å²) >= 11 is 0. The molecule has 1 aliphatic rings. The maximum absolute atomic E-state index is 11.6. The van der Waals surface area contributed by atoms with Crippen molar-refractivity contribution in [2.24, 2.45) is 0 Å². The molecule has 0 aliphatic heterocycles. The van der Waals surface area contributed by atoms with Crippen molar-refractivity contribution in [3.63, 3.8) is 0 Å². The summed E-state index contributed by atoms with van der Waals surface area (Å²) in [5, 5.41) is 2.97. The van der Waals surface area contributed by atoms with Crippen LogP contribution < -0.4 is 5.32 Å². The summed E-state index contributed by atoms with van der Waals surface area (Å²) in [6.07, 6.45) is 7.48. The molecule has 0 aromatic carbocycles. The highest BCUT2D eigenvalue weighted by Gasteiger charge is 2.25. The number of nitrogens with zero attached hydrogens (tertiary/aromatic N) is 2. The lowest BCUT2D eigenvalue weighted by Gasteiger charge is -2.15. The highest BCUT2D eigenvalue weighted by atomic mass is 16.1.